The summed E-state index contributed by atoms with van der Waals surface area (Å²) in [7, 11) is 3.19. The van der Waals surface area contributed by atoms with Crippen molar-refractivity contribution < 1.29 is 9.47 Å². The first-order chi connectivity index (χ1) is 6.72. The number of ether oxygens (including phenoxy) is 2. The van der Waals surface area contributed by atoms with Gasteiger partial charge >= 0.3 is 0 Å². The zero-order valence-corrected chi connectivity index (χ0v) is 9.71. The van der Waals surface area contributed by atoms with E-state index >= 15 is 0 Å². The van der Waals surface area contributed by atoms with Crippen LogP contribution in [0.5, 0.6) is 11.5 Å². The average Bonchev–Trinajstić information content (AvgIpc) is 2.26. The lowest BCUT2D eigenvalue weighted by Crippen LogP contribution is -2.20. The molecule has 0 heterocycles. The smallest absolute Gasteiger partial charge is 0.161 e. The Hall–Kier alpha value is -0.970. The lowest BCUT2D eigenvalue weighted by Gasteiger charge is -2.13. The van der Waals surface area contributed by atoms with E-state index in [1.807, 2.05) is 18.2 Å². The van der Waals surface area contributed by atoms with Crippen molar-refractivity contribution in [2.45, 2.75) is 6.04 Å². The Balaban J connectivity index is 0.00000196. The molecule has 0 bridgehead atoms. The Morgan fingerprint density at radius 2 is 1.80 bits per heavy atom. The quantitative estimate of drug-likeness (QED) is 0.815. The van der Waals surface area contributed by atoms with Crippen LogP contribution in [0.15, 0.2) is 18.2 Å². The minimum Gasteiger partial charge on any atom is -0.493 e. The first-order valence-electron chi connectivity index (χ1n) is 4.40. The molecule has 0 aliphatic carbocycles. The molecule has 1 rings (SSSR count). The highest BCUT2D eigenvalue weighted by atomic mass is 35.5. The molecular weight excluding hydrogens is 216 g/mol. The van der Waals surface area contributed by atoms with E-state index in [2.05, 4.69) is 0 Å². The third-order valence-corrected chi connectivity index (χ3v) is 2.09. The van der Waals surface area contributed by atoms with Crippen LogP contribution in [0.2, 0.25) is 0 Å². The van der Waals surface area contributed by atoms with Crippen molar-refractivity contribution in [1.29, 1.82) is 0 Å². The van der Waals surface area contributed by atoms with Gasteiger partial charge in [0.1, 0.15) is 0 Å². The first kappa shape index (κ1) is 14.0. The minimum atomic E-state index is -0.158. The third kappa shape index (κ3) is 3.27. The molecule has 0 amide bonds. The molecule has 1 aromatic carbocycles. The van der Waals surface area contributed by atoms with Gasteiger partial charge in [-0.25, -0.2) is 0 Å². The molecule has 0 unspecified atom stereocenters. The van der Waals surface area contributed by atoms with Gasteiger partial charge in [0.05, 0.1) is 14.2 Å². The number of halogens is 1. The molecule has 86 valence electrons. The number of benzene rings is 1. The van der Waals surface area contributed by atoms with Gasteiger partial charge in [-0.1, -0.05) is 6.07 Å². The molecule has 0 saturated heterocycles. The van der Waals surface area contributed by atoms with Crippen LogP contribution in [0.25, 0.3) is 0 Å². The standard InChI is InChI=1S/C10H16N2O2.ClH/c1-13-9-4-3-7(8(12)6-11)5-10(9)14-2;/h3-5,8H,6,11-12H2,1-2H3;1H/t8-;/m1./s1. The van der Waals surface area contributed by atoms with Crippen LogP contribution < -0.4 is 20.9 Å². The second kappa shape index (κ2) is 6.50. The summed E-state index contributed by atoms with van der Waals surface area (Å²) in [6.45, 7) is 0.412. The average molecular weight is 233 g/mol. The van der Waals surface area contributed by atoms with Crippen LogP contribution in [-0.2, 0) is 0 Å². The van der Waals surface area contributed by atoms with Crippen molar-refractivity contribution >= 4 is 12.4 Å². The van der Waals surface area contributed by atoms with E-state index in [9.17, 15) is 0 Å². The fourth-order valence-corrected chi connectivity index (χ4v) is 1.22. The van der Waals surface area contributed by atoms with E-state index in [1.165, 1.54) is 0 Å². The van der Waals surface area contributed by atoms with Crippen molar-refractivity contribution in [2.75, 3.05) is 20.8 Å². The van der Waals surface area contributed by atoms with Crippen molar-refractivity contribution in [3.63, 3.8) is 0 Å². The fourth-order valence-electron chi connectivity index (χ4n) is 1.22. The van der Waals surface area contributed by atoms with Gasteiger partial charge < -0.3 is 20.9 Å². The van der Waals surface area contributed by atoms with Gasteiger partial charge in [-0.2, -0.15) is 0 Å². The highest BCUT2D eigenvalue weighted by Gasteiger charge is 2.08. The van der Waals surface area contributed by atoms with Crippen LogP contribution in [0.3, 0.4) is 0 Å². The molecule has 0 aliphatic heterocycles. The number of methoxy groups -OCH3 is 2. The zero-order valence-electron chi connectivity index (χ0n) is 8.90. The van der Waals surface area contributed by atoms with Crippen molar-refractivity contribution in [3.8, 4) is 11.5 Å². The van der Waals surface area contributed by atoms with Gasteiger partial charge in [-0.15, -0.1) is 12.4 Å². The van der Waals surface area contributed by atoms with Gasteiger partial charge in [0.15, 0.2) is 11.5 Å². The molecule has 1 aromatic rings. The van der Waals surface area contributed by atoms with E-state index in [4.69, 9.17) is 20.9 Å². The zero-order chi connectivity index (χ0) is 10.6. The maximum atomic E-state index is 5.79. The monoisotopic (exact) mass is 232 g/mol. The summed E-state index contributed by atoms with van der Waals surface area (Å²) in [5, 5.41) is 0. The highest BCUT2D eigenvalue weighted by molar-refractivity contribution is 5.85. The molecule has 0 aromatic heterocycles. The maximum absolute atomic E-state index is 5.79. The van der Waals surface area contributed by atoms with Crippen molar-refractivity contribution in [1.82, 2.24) is 0 Å². The summed E-state index contributed by atoms with van der Waals surface area (Å²) in [5.41, 5.74) is 12.2. The molecule has 15 heavy (non-hydrogen) atoms. The summed E-state index contributed by atoms with van der Waals surface area (Å²) in [6.07, 6.45) is 0. The predicted octanol–water partition coefficient (Wildman–Crippen LogP) is 1.08. The highest BCUT2D eigenvalue weighted by Crippen LogP contribution is 2.29. The molecule has 4 nitrogen and oxygen atoms in total. The Kier molecular flexibility index (Phi) is 6.08. The Morgan fingerprint density at radius 1 is 1.20 bits per heavy atom. The topological polar surface area (TPSA) is 70.5 Å². The van der Waals surface area contributed by atoms with Gasteiger partial charge in [-0.3, -0.25) is 0 Å². The molecular formula is C10H17ClN2O2. The van der Waals surface area contributed by atoms with Crippen molar-refractivity contribution in [3.05, 3.63) is 23.8 Å². The Bertz CT molecular complexity index is 307. The van der Waals surface area contributed by atoms with Crippen LogP contribution in [0, 0.1) is 0 Å². The lowest BCUT2D eigenvalue weighted by atomic mass is 10.1. The molecule has 0 aliphatic rings. The van der Waals surface area contributed by atoms with Crippen LogP contribution in [0.4, 0.5) is 0 Å². The van der Waals surface area contributed by atoms with Gasteiger partial charge in [0, 0.05) is 12.6 Å². The largest absolute Gasteiger partial charge is 0.493 e. The molecule has 0 saturated carbocycles. The summed E-state index contributed by atoms with van der Waals surface area (Å²) in [6, 6.07) is 5.40. The summed E-state index contributed by atoms with van der Waals surface area (Å²) in [5.74, 6) is 1.37. The maximum Gasteiger partial charge on any atom is 0.161 e. The second-order valence-electron chi connectivity index (χ2n) is 2.96. The van der Waals surface area contributed by atoms with E-state index in [0.29, 0.717) is 18.0 Å². The van der Waals surface area contributed by atoms with Gasteiger partial charge in [0.25, 0.3) is 0 Å². The van der Waals surface area contributed by atoms with Gasteiger partial charge in [0.2, 0.25) is 0 Å². The van der Waals surface area contributed by atoms with Crippen LogP contribution >= 0.6 is 12.4 Å². The molecule has 1 atom stereocenters. The lowest BCUT2D eigenvalue weighted by molar-refractivity contribution is 0.354. The first-order valence-corrected chi connectivity index (χ1v) is 4.40. The molecule has 0 fully saturated rings. The van der Waals surface area contributed by atoms with Crippen LogP contribution in [0.1, 0.15) is 11.6 Å². The predicted molar refractivity (Wildman–Crippen MR) is 62.8 cm³/mol. The normalized spacial score (nSPS) is 11.5. The number of hydrogen-bond acceptors (Lipinski definition) is 4. The van der Waals surface area contributed by atoms with Crippen molar-refractivity contribution in [2.24, 2.45) is 11.5 Å². The number of nitrogens with two attached hydrogens (primary N) is 2. The summed E-state index contributed by atoms with van der Waals surface area (Å²) in [4.78, 5) is 0. The molecule has 0 radical (unpaired) electrons. The third-order valence-electron chi connectivity index (χ3n) is 2.09. The summed E-state index contributed by atoms with van der Waals surface area (Å²) >= 11 is 0. The molecule has 5 heteroatoms. The second-order valence-corrected chi connectivity index (χ2v) is 2.96. The van der Waals surface area contributed by atoms with Crippen LogP contribution in [-0.4, -0.2) is 20.8 Å². The fraction of sp³-hybridized carbons (Fsp3) is 0.400. The minimum absolute atomic E-state index is 0. The van der Waals surface area contributed by atoms with Gasteiger partial charge in [-0.05, 0) is 17.7 Å². The SMILES string of the molecule is COc1ccc([C@H](N)CN)cc1OC.Cl. The number of rotatable bonds is 4. The van der Waals surface area contributed by atoms with E-state index in [1.54, 1.807) is 14.2 Å². The molecule has 4 N–H and O–H groups in total. The summed E-state index contributed by atoms with van der Waals surface area (Å²) < 4.78 is 10.3. The Labute approximate surface area is 96.0 Å². The van der Waals surface area contributed by atoms with E-state index in [0.717, 1.165) is 5.56 Å². The molecule has 0 spiro atoms. The Morgan fingerprint density at radius 3 is 2.27 bits per heavy atom. The van der Waals surface area contributed by atoms with E-state index < -0.39 is 0 Å². The number of hydrogen-bond donors (Lipinski definition) is 2. The van der Waals surface area contributed by atoms with E-state index in [-0.39, 0.29) is 18.4 Å².